The molecule has 1 fully saturated rings. The lowest BCUT2D eigenvalue weighted by molar-refractivity contribution is -0.149. The Bertz CT molecular complexity index is 895. The lowest BCUT2D eigenvalue weighted by Crippen LogP contribution is -2.44. The van der Waals surface area contributed by atoms with Crippen LogP contribution in [0.5, 0.6) is 0 Å². The fraction of sp³-hybridized carbons (Fsp3) is 0.500. The Morgan fingerprint density at radius 2 is 2.19 bits per heavy atom. The fourth-order valence-corrected chi connectivity index (χ4v) is 3.10. The van der Waals surface area contributed by atoms with Crippen molar-refractivity contribution in [2.24, 2.45) is 0 Å². The van der Waals surface area contributed by atoms with Gasteiger partial charge in [0.15, 0.2) is 0 Å². The Morgan fingerprint density at radius 3 is 2.74 bits per heavy atom. The van der Waals surface area contributed by atoms with Crippen molar-refractivity contribution in [2.45, 2.75) is 44.4 Å². The molecule has 27 heavy (non-hydrogen) atoms. The number of anilines is 1. The molecule has 1 heterocycles. The summed E-state index contributed by atoms with van der Waals surface area (Å²) in [4.78, 5) is 17.9. The molecule has 1 aromatic carbocycles. The third-order valence-electron chi connectivity index (χ3n) is 4.96. The minimum absolute atomic E-state index is 0.155. The van der Waals surface area contributed by atoms with E-state index in [1.807, 2.05) is 4.57 Å². The van der Waals surface area contributed by atoms with Crippen LogP contribution in [-0.2, 0) is 4.79 Å². The summed E-state index contributed by atoms with van der Waals surface area (Å²) in [6.07, 6.45) is -1.47. The number of aromatic nitrogens is 2. The van der Waals surface area contributed by atoms with Gasteiger partial charge in [0.05, 0.1) is 35.3 Å². The van der Waals surface area contributed by atoms with Crippen molar-refractivity contribution in [2.75, 3.05) is 18.9 Å². The number of carbonyl (C=O) groups is 1. The smallest absolute Gasteiger partial charge is 0.307 e. The van der Waals surface area contributed by atoms with Gasteiger partial charge >= 0.3 is 6.18 Å². The zero-order valence-corrected chi connectivity index (χ0v) is 15.0. The van der Waals surface area contributed by atoms with Gasteiger partial charge in [0, 0.05) is 6.04 Å². The molecule has 2 aromatic rings. The number of hydrogen-bond donors (Lipinski definition) is 1. The Kier molecular flexibility index (Phi) is 5.11. The predicted octanol–water partition coefficient (Wildman–Crippen LogP) is 3.45. The van der Waals surface area contributed by atoms with Crippen LogP contribution in [0, 0.1) is 11.3 Å². The van der Waals surface area contributed by atoms with Crippen LogP contribution in [-0.4, -0.2) is 46.2 Å². The van der Waals surface area contributed by atoms with E-state index in [0.717, 1.165) is 29.7 Å². The second-order valence-corrected chi connectivity index (χ2v) is 6.90. The molecule has 144 valence electrons. The molecule has 0 unspecified atom stereocenters. The van der Waals surface area contributed by atoms with Crippen LogP contribution < -0.4 is 5.32 Å². The number of imidazole rings is 1. The van der Waals surface area contributed by atoms with Crippen LogP contribution in [0.25, 0.3) is 11.0 Å². The number of likely N-dealkylation sites (N-methyl/N-ethyl adjacent to an activating group) is 1. The summed E-state index contributed by atoms with van der Waals surface area (Å²) in [5.74, 6) is -0.250. The van der Waals surface area contributed by atoms with E-state index in [1.165, 1.54) is 14.0 Å². The number of halogens is 3. The van der Waals surface area contributed by atoms with Crippen molar-refractivity contribution >= 4 is 22.9 Å². The zero-order chi connectivity index (χ0) is 19.8. The summed E-state index contributed by atoms with van der Waals surface area (Å²) < 4.78 is 39.6. The number of nitrogens with one attached hydrogen (secondary N) is 1. The summed E-state index contributed by atoms with van der Waals surface area (Å²) in [5, 5.41) is 11.8. The lowest BCUT2D eigenvalue weighted by Gasteiger charge is -2.30. The third kappa shape index (κ3) is 4.06. The van der Waals surface area contributed by atoms with Gasteiger partial charge in [-0.1, -0.05) is 0 Å². The Balaban J connectivity index is 1.88. The van der Waals surface area contributed by atoms with Gasteiger partial charge < -0.3 is 4.57 Å². The van der Waals surface area contributed by atoms with Gasteiger partial charge in [-0.15, -0.1) is 0 Å². The normalized spacial score (nSPS) is 16.2. The maximum absolute atomic E-state index is 12.6. The average molecular weight is 379 g/mol. The maximum Gasteiger partial charge on any atom is 0.401 e. The lowest BCUT2D eigenvalue weighted by atomic mass is 9.92. The number of fused-ring (bicyclic) bond motifs is 1. The number of carbonyl (C=O) groups excluding carboxylic acids is 1. The van der Waals surface area contributed by atoms with Crippen LogP contribution in [0.2, 0.25) is 0 Å². The predicted molar refractivity (Wildman–Crippen MR) is 94.1 cm³/mol. The van der Waals surface area contributed by atoms with E-state index in [9.17, 15) is 18.0 Å². The molecule has 0 spiro atoms. The molecule has 3 rings (SSSR count). The van der Waals surface area contributed by atoms with E-state index in [0.29, 0.717) is 17.0 Å². The molecule has 1 saturated carbocycles. The number of alkyl halides is 3. The van der Waals surface area contributed by atoms with Gasteiger partial charge in [-0.3, -0.25) is 15.0 Å². The van der Waals surface area contributed by atoms with Crippen molar-refractivity contribution in [3.63, 3.8) is 0 Å². The van der Waals surface area contributed by atoms with Crippen molar-refractivity contribution in [3.8, 4) is 6.07 Å². The molecule has 6 nitrogen and oxygen atoms in total. The van der Waals surface area contributed by atoms with Gasteiger partial charge in [-0.25, -0.2) is 4.98 Å². The van der Waals surface area contributed by atoms with Gasteiger partial charge in [-0.05, 0) is 51.4 Å². The summed E-state index contributed by atoms with van der Waals surface area (Å²) >= 11 is 0. The second kappa shape index (κ2) is 7.19. The zero-order valence-electron chi connectivity index (χ0n) is 15.0. The van der Waals surface area contributed by atoms with Gasteiger partial charge in [0.25, 0.3) is 0 Å². The van der Waals surface area contributed by atoms with E-state index in [1.54, 1.807) is 18.2 Å². The van der Waals surface area contributed by atoms with Gasteiger partial charge in [0.1, 0.15) is 0 Å². The first kappa shape index (κ1) is 19.2. The molecule has 9 heteroatoms. The summed E-state index contributed by atoms with van der Waals surface area (Å²) in [7, 11) is 1.26. The van der Waals surface area contributed by atoms with Crippen LogP contribution in [0.15, 0.2) is 18.2 Å². The highest BCUT2D eigenvalue weighted by atomic mass is 19.4. The van der Waals surface area contributed by atoms with E-state index in [4.69, 9.17) is 5.26 Å². The van der Waals surface area contributed by atoms with Crippen LogP contribution in [0.3, 0.4) is 0 Å². The standard InChI is InChI=1S/C18H20F3N5O/c1-11(25(2)10-18(19,20)21)16(27)24-17-23-14-7-6-12(9-22)8-15(14)26(17)13-4-3-5-13/h6-8,11,13H,3-5,10H2,1-2H3,(H,23,24,27)/t11-/m1/s1. The summed E-state index contributed by atoms with van der Waals surface area (Å²) in [6, 6.07) is 6.33. The molecule has 1 aliphatic carbocycles. The van der Waals surface area contributed by atoms with Crippen molar-refractivity contribution in [3.05, 3.63) is 23.8 Å². The second-order valence-electron chi connectivity index (χ2n) is 6.90. The first-order valence-electron chi connectivity index (χ1n) is 8.69. The minimum Gasteiger partial charge on any atom is -0.307 e. The largest absolute Gasteiger partial charge is 0.401 e. The molecular weight excluding hydrogens is 359 g/mol. The summed E-state index contributed by atoms with van der Waals surface area (Å²) in [6.45, 7) is 0.247. The third-order valence-corrected chi connectivity index (χ3v) is 4.96. The molecule has 1 aromatic heterocycles. The Labute approximate surface area is 154 Å². The number of nitrogens with zero attached hydrogens (tertiary/aromatic N) is 4. The molecule has 1 atom stereocenters. The van der Waals surface area contributed by atoms with E-state index in [-0.39, 0.29) is 6.04 Å². The van der Waals surface area contributed by atoms with Crippen LogP contribution in [0.4, 0.5) is 19.1 Å². The van der Waals surface area contributed by atoms with Crippen LogP contribution in [0.1, 0.15) is 37.8 Å². The van der Waals surface area contributed by atoms with Crippen molar-refractivity contribution in [1.29, 1.82) is 5.26 Å². The molecular formula is C18H20F3N5O. The highest BCUT2D eigenvalue weighted by Crippen LogP contribution is 2.37. The highest BCUT2D eigenvalue weighted by Gasteiger charge is 2.33. The summed E-state index contributed by atoms with van der Waals surface area (Å²) in [5.41, 5.74) is 1.86. The van der Waals surface area contributed by atoms with Crippen molar-refractivity contribution < 1.29 is 18.0 Å². The number of hydrogen-bond acceptors (Lipinski definition) is 4. The van der Waals surface area contributed by atoms with Gasteiger partial charge in [-0.2, -0.15) is 18.4 Å². The van der Waals surface area contributed by atoms with E-state index >= 15 is 0 Å². The molecule has 0 radical (unpaired) electrons. The number of amides is 1. The molecule has 1 aliphatic rings. The first-order valence-corrected chi connectivity index (χ1v) is 8.69. The van der Waals surface area contributed by atoms with Crippen molar-refractivity contribution in [1.82, 2.24) is 14.5 Å². The molecule has 0 saturated heterocycles. The van der Waals surface area contributed by atoms with E-state index < -0.39 is 24.7 Å². The van der Waals surface area contributed by atoms with Gasteiger partial charge in [0.2, 0.25) is 11.9 Å². The van der Waals surface area contributed by atoms with Crippen LogP contribution >= 0.6 is 0 Å². The van der Waals surface area contributed by atoms with E-state index in [2.05, 4.69) is 16.4 Å². The number of benzene rings is 1. The monoisotopic (exact) mass is 379 g/mol. The number of nitriles is 1. The molecule has 0 bridgehead atoms. The average Bonchev–Trinajstić information content (AvgIpc) is 2.88. The molecule has 1 amide bonds. The first-order chi connectivity index (χ1) is 12.7. The highest BCUT2D eigenvalue weighted by molar-refractivity contribution is 5.95. The Morgan fingerprint density at radius 1 is 1.48 bits per heavy atom. The Hall–Kier alpha value is -2.60. The SMILES string of the molecule is C[C@H](C(=O)Nc1nc2ccc(C#N)cc2n1C1CCC1)N(C)CC(F)(F)F. The minimum atomic E-state index is -4.38. The fourth-order valence-electron chi connectivity index (χ4n) is 3.10. The quantitative estimate of drug-likeness (QED) is 0.864. The molecule has 1 N–H and O–H groups in total. The number of rotatable bonds is 5. The maximum atomic E-state index is 12.6. The topological polar surface area (TPSA) is 74.0 Å². The molecule has 0 aliphatic heterocycles.